The van der Waals surface area contributed by atoms with Crippen LogP contribution in [0.4, 0.5) is 16.2 Å². The molecule has 1 aromatic carbocycles. The molecule has 2 aromatic heterocycles. The van der Waals surface area contributed by atoms with Gasteiger partial charge < -0.3 is 9.80 Å². The average molecular weight is 477 g/mol. The fraction of sp³-hybridized carbons (Fsp3) is 0.417. The molecule has 5 heterocycles. The van der Waals surface area contributed by atoms with Gasteiger partial charge in [0.25, 0.3) is 0 Å². The molecule has 0 atom stereocenters. The average Bonchev–Trinajstić information content (AvgIpc) is 3.55. The molecule has 3 aromatic rings. The summed E-state index contributed by atoms with van der Waals surface area (Å²) in [5.74, 6) is 1.73. The molecule has 2 saturated heterocycles. The lowest BCUT2D eigenvalue weighted by molar-refractivity contribution is 0.153. The molecule has 172 valence electrons. The van der Waals surface area contributed by atoms with Gasteiger partial charge in [-0.2, -0.15) is 9.65 Å². The molecule has 1 saturated carbocycles. The van der Waals surface area contributed by atoms with Crippen molar-refractivity contribution in [2.24, 2.45) is 5.41 Å². The Morgan fingerprint density at radius 2 is 1.82 bits per heavy atom. The highest BCUT2D eigenvalue weighted by molar-refractivity contribution is 6.30. The first-order chi connectivity index (χ1) is 16.5. The summed E-state index contributed by atoms with van der Waals surface area (Å²) >= 11 is 6.35. The van der Waals surface area contributed by atoms with Gasteiger partial charge >= 0.3 is 0 Å². The van der Waals surface area contributed by atoms with Crippen molar-refractivity contribution in [3.8, 4) is 11.8 Å². The third-order valence-electron chi connectivity index (χ3n) is 7.44. The molecule has 0 unspecified atom stereocenters. The van der Waals surface area contributed by atoms with Crippen LogP contribution >= 0.6 is 11.6 Å². The Morgan fingerprint density at radius 1 is 1.03 bits per heavy atom. The van der Waals surface area contributed by atoms with E-state index in [1.807, 2.05) is 12.1 Å². The van der Waals surface area contributed by atoms with Crippen molar-refractivity contribution < 1.29 is 4.39 Å². The van der Waals surface area contributed by atoms with Gasteiger partial charge in [-0.3, -0.25) is 9.47 Å². The maximum absolute atomic E-state index is 13.9. The number of fused-ring (bicyclic) bond motifs is 3. The predicted molar refractivity (Wildman–Crippen MR) is 124 cm³/mol. The molecular formula is C24H22ClFN8. The van der Waals surface area contributed by atoms with E-state index in [0.29, 0.717) is 11.9 Å². The summed E-state index contributed by atoms with van der Waals surface area (Å²) in [4.78, 5) is 10.8. The third-order valence-corrected chi connectivity index (χ3v) is 7.68. The van der Waals surface area contributed by atoms with Crippen LogP contribution in [0.3, 0.4) is 0 Å². The second-order valence-corrected chi connectivity index (χ2v) is 10.4. The smallest absolute Gasteiger partial charge is 0.232 e. The van der Waals surface area contributed by atoms with Gasteiger partial charge in [-0.05, 0) is 48.7 Å². The van der Waals surface area contributed by atoms with Crippen LogP contribution in [0.2, 0.25) is 5.02 Å². The number of halogens is 2. The lowest BCUT2D eigenvalue weighted by Gasteiger charge is -2.60. The molecule has 8 nitrogen and oxygen atoms in total. The Morgan fingerprint density at radius 3 is 2.56 bits per heavy atom. The molecule has 1 spiro atoms. The molecule has 0 N–H and O–H groups in total. The predicted octanol–water partition coefficient (Wildman–Crippen LogP) is 3.13. The number of pyridine rings is 1. The number of aromatic nitrogens is 4. The van der Waals surface area contributed by atoms with Gasteiger partial charge in [0.05, 0.1) is 12.2 Å². The van der Waals surface area contributed by atoms with Gasteiger partial charge in [-0.15, -0.1) is 10.2 Å². The number of anilines is 2. The molecule has 0 bridgehead atoms. The molecule has 0 amide bonds. The Balaban J connectivity index is 1.12. The van der Waals surface area contributed by atoms with Crippen molar-refractivity contribution in [2.45, 2.75) is 32.0 Å². The molecule has 3 fully saturated rings. The summed E-state index contributed by atoms with van der Waals surface area (Å²) in [5, 5.41) is 18.9. The normalized spacial score (nSPS) is 20.7. The zero-order valence-electron chi connectivity index (χ0n) is 18.5. The van der Waals surface area contributed by atoms with Crippen LogP contribution in [-0.2, 0) is 13.1 Å². The number of hydrogen-bond acceptors (Lipinski definition) is 7. The summed E-state index contributed by atoms with van der Waals surface area (Å²) < 4.78 is 16.1. The van der Waals surface area contributed by atoms with Crippen LogP contribution in [0.5, 0.6) is 0 Å². The summed E-state index contributed by atoms with van der Waals surface area (Å²) in [7, 11) is 0. The standard InChI is InChI=1S/C24H22ClFN8/c25-17-2-5-19-16(7-17)9-31(18-3-4-18)10-21-29-30-23(34(19)21)33-13-24(14-33)11-32(12-24)20-6-1-15(8-27)22(26)28-20/h1-2,5-7,18H,3-4,9-14H2. The molecular weight excluding hydrogens is 455 g/mol. The molecule has 10 heteroatoms. The van der Waals surface area contributed by atoms with Gasteiger partial charge in [0.2, 0.25) is 11.9 Å². The highest BCUT2D eigenvalue weighted by Crippen LogP contribution is 2.44. The minimum atomic E-state index is -0.707. The Kier molecular flexibility index (Phi) is 4.24. The minimum Gasteiger partial charge on any atom is -0.355 e. The lowest BCUT2D eigenvalue weighted by Crippen LogP contribution is -2.73. The third kappa shape index (κ3) is 3.09. The first kappa shape index (κ1) is 20.2. The quantitative estimate of drug-likeness (QED) is 0.537. The van der Waals surface area contributed by atoms with Crippen molar-refractivity contribution in [3.63, 3.8) is 0 Å². The highest BCUT2D eigenvalue weighted by Gasteiger charge is 2.53. The minimum absolute atomic E-state index is 0.0249. The second-order valence-electron chi connectivity index (χ2n) is 9.99. The molecule has 34 heavy (non-hydrogen) atoms. The summed E-state index contributed by atoms with van der Waals surface area (Å²) in [6.45, 7) is 5.02. The largest absolute Gasteiger partial charge is 0.355 e. The molecule has 7 rings (SSSR count). The van der Waals surface area contributed by atoms with E-state index in [1.54, 1.807) is 6.07 Å². The second kappa shape index (κ2) is 7.14. The molecule has 1 aliphatic carbocycles. The van der Waals surface area contributed by atoms with E-state index in [1.165, 1.54) is 24.5 Å². The van der Waals surface area contributed by atoms with Crippen LogP contribution in [0, 0.1) is 22.7 Å². The van der Waals surface area contributed by atoms with Gasteiger partial charge in [-0.25, -0.2) is 4.98 Å². The highest BCUT2D eigenvalue weighted by atomic mass is 35.5. The van der Waals surface area contributed by atoms with E-state index in [-0.39, 0.29) is 11.0 Å². The van der Waals surface area contributed by atoms with Crippen LogP contribution in [-0.4, -0.2) is 56.9 Å². The fourth-order valence-electron chi connectivity index (χ4n) is 5.63. The van der Waals surface area contributed by atoms with Crippen LogP contribution in [0.25, 0.3) is 5.69 Å². The van der Waals surface area contributed by atoms with Gasteiger partial charge in [-0.1, -0.05) is 11.6 Å². The fourth-order valence-corrected chi connectivity index (χ4v) is 5.82. The van der Waals surface area contributed by atoms with E-state index in [0.717, 1.165) is 61.8 Å². The maximum Gasteiger partial charge on any atom is 0.232 e. The van der Waals surface area contributed by atoms with Crippen LogP contribution < -0.4 is 9.80 Å². The van der Waals surface area contributed by atoms with E-state index in [4.69, 9.17) is 16.9 Å². The number of benzene rings is 1. The lowest BCUT2D eigenvalue weighted by atomic mass is 9.73. The molecule has 3 aliphatic heterocycles. The van der Waals surface area contributed by atoms with E-state index in [9.17, 15) is 4.39 Å². The Bertz CT molecular complexity index is 1350. The van der Waals surface area contributed by atoms with E-state index >= 15 is 0 Å². The van der Waals surface area contributed by atoms with Gasteiger partial charge in [0, 0.05) is 49.2 Å². The SMILES string of the molecule is N#Cc1ccc(N2CC3(C2)CN(c2nnc4n2-c2ccc(Cl)cc2CN(C2CC2)C4)C3)nc1F. The van der Waals surface area contributed by atoms with Gasteiger partial charge in [0.15, 0.2) is 5.82 Å². The molecule has 0 radical (unpaired) electrons. The number of nitrogens with zero attached hydrogens (tertiary/aromatic N) is 8. The van der Waals surface area contributed by atoms with Crippen molar-refractivity contribution >= 4 is 23.4 Å². The first-order valence-corrected chi connectivity index (χ1v) is 11.9. The number of nitriles is 1. The summed E-state index contributed by atoms with van der Waals surface area (Å²) in [6.07, 6.45) is 2.47. The topological polar surface area (TPSA) is 77.1 Å². The van der Waals surface area contributed by atoms with E-state index < -0.39 is 5.95 Å². The zero-order chi connectivity index (χ0) is 23.0. The van der Waals surface area contributed by atoms with Crippen molar-refractivity contribution in [3.05, 3.63) is 58.3 Å². The Labute approximate surface area is 201 Å². The van der Waals surface area contributed by atoms with Crippen LogP contribution in [0.15, 0.2) is 30.3 Å². The molecule has 4 aliphatic rings. The summed E-state index contributed by atoms with van der Waals surface area (Å²) in [6, 6.07) is 11.7. The van der Waals surface area contributed by atoms with Gasteiger partial charge in [0.1, 0.15) is 17.5 Å². The zero-order valence-corrected chi connectivity index (χ0v) is 19.2. The monoisotopic (exact) mass is 476 g/mol. The first-order valence-electron chi connectivity index (χ1n) is 11.6. The summed E-state index contributed by atoms with van der Waals surface area (Å²) in [5.41, 5.74) is 2.43. The van der Waals surface area contributed by atoms with E-state index in [2.05, 4.69) is 46.6 Å². The number of rotatable bonds is 3. The van der Waals surface area contributed by atoms with Crippen molar-refractivity contribution in [2.75, 3.05) is 36.0 Å². The maximum atomic E-state index is 13.9. The van der Waals surface area contributed by atoms with Crippen molar-refractivity contribution in [1.82, 2.24) is 24.6 Å². The Hall–Kier alpha value is -3.22. The van der Waals surface area contributed by atoms with Crippen molar-refractivity contribution in [1.29, 1.82) is 5.26 Å². The van der Waals surface area contributed by atoms with Crippen LogP contribution in [0.1, 0.15) is 29.8 Å². The number of hydrogen-bond donors (Lipinski definition) is 0.